The minimum atomic E-state index is -1.55. The second-order valence-corrected chi connectivity index (χ2v) is 13.0. The van der Waals surface area contributed by atoms with Gasteiger partial charge in [-0.25, -0.2) is 0 Å². The molecule has 0 aromatic carbocycles. The van der Waals surface area contributed by atoms with Gasteiger partial charge in [0.05, 0.1) is 25.4 Å². The Hall–Kier alpha value is -1.07. The third-order valence-electron chi connectivity index (χ3n) is 8.87. The molecule has 6 N–H and O–H groups in total. The molecular weight excluding hydrogens is 574 g/mol. The van der Waals surface area contributed by atoms with Crippen molar-refractivity contribution in [3.8, 4) is 0 Å². The van der Waals surface area contributed by atoms with Crippen LogP contribution in [0.4, 0.5) is 0 Å². The Bertz CT molecular complexity index is 721. The van der Waals surface area contributed by atoms with E-state index in [4.69, 9.17) is 9.47 Å². The molecule has 0 radical (unpaired) electrons. The number of nitrogens with one attached hydrogen (secondary N) is 1. The topological polar surface area (TPSA) is 149 Å². The van der Waals surface area contributed by atoms with Crippen LogP contribution in [0.2, 0.25) is 0 Å². The normalized spacial score (nSPS) is 23.4. The first kappa shape index (κ1) is 42.0. The highest BCUT2D eigenvalue weighted by Gasteiger charge is 2.44. The van der Waals surface area contributed by atoms with Crippen LogP contribution < -0.4 is 5.32 Å². The number of hydrogen-bond donors (Lipinski definition) is 6. The molecule has 1 saturated heterocycles. The van der Waals surface area contributed by atoms with Crippen LogP contribution >= 0.6 is 0 Å². The van der Waals surface area contributed by atoms with Crippen LogP contribution in [0.5, 0.6) is 0 Å². The zero-order valence-corrected chi connectivity index (χ0v) is 28.6. The van der Waals surface area contributed by atoms with E-state index >= 15 is 0 Å². The summed E-state index contributed by atoms with van der Waals surface area (Å²) in [5, 5.41) is 53.8. The standard InChI is InChI=1S/C36H69NO8/c1-3-5-7-9-11-13-14-15-16-18-20-22-24-26-32(40)37-29(30(39)25-23-21-19-17-12-10-8-6-4-2)28-44-36-35(43)34(42)33(41)31(27-38)45-36/h13-14,29-31,33-36,38-39,41-43H,3-12,15-28H2,1-2H3,(H,37,40)/b14-13-. The van der Waals surface area contributed by atoms with Gasteiger partial charge in [-0.1, -0.05) is 122 Å². The van der Waals surface area contributed by atoms with Crippen LogP contribution in [0.25, 0.3) is 0 Å². The van der Waals surface area contributed by atoms with E-state index in [1.807, 2.05) is 0 Å². The van der Waals surface area contributed by atoms with E-state index in [2.05, 4.69) is 31.3 Å². The van der Waals surface area contributed by atoms with E-state index in [1.165, 1.54) is 77.0 Å². The van der Waals surface area contributed by atoms with Crippen LogP contribution in [-0.4, -0.2) is 87.5 Å². The average molecular weight is 644 g/mol. The number of unbranched alkanes of at least 4 members (excludes halogenated alkanes) is 17. The van der Waals surface area contributed by atoms with Gasteiger partial charge in [0.2, 0.25) is 5.91 Å². The minimum absolute atomic E-state index is 0.140. The third kappa shape index (κ3) is 20.0. The Morgan fingerprint density at radius 2 is 1.24 bits per heavy atom. The quantitative estimate of drug-likeness (QED) is 0.0441. The Labute approximate surface area is 274 Å². The molecule has 1 heterocycles. The number of allylic oxidation sites excluding steroid dienone is 2. The first-order chi connectivity index (χ1) is 21.8. The number of rotatable bonds is 29. The minimum Gasteiger partial charge on any atom is -0.394 e. The zero-order chi connectivity index (χ0) is 33.1. The van der Waals surface area contributed by atoms with Gasteiger partial charge < -0.3 is 40.3 Å². The molecule has 0 bridgehead atoms. The second kappa shape index (κ2) is 28.0. The number of carbonyl (C=O) groups is 1. The lowest BCUT2D eigenvalue weighted by Crippen LogP contribution is -2.60. The van der Waals surface area contributed by atoms with Gasteiger partial charge in [-0.15, -0.1) is 0 Å². The molecule has 9 nitrogen and oxygen atoms in total. The van der Waals surface area contributed by atoms with Gasteiger partial charge in [0, 0.05) is 6.42 Å². The maximum atomic E-state index is 12.8. The van der Waals surface area contributed by atoms with Gasteiger partial charge in [0.1, 0.15) is 24.4 Å². The Kier molecular flexibility index (Phi) is 26.1. The fourth-order valence-electron chi connectivity index (χ4n) is 5.80. The predicted molar refractivity (Wildman–Crippen MR) is 180 cm³/mol. The van der Waals surface area contributed by atoms with Crippen LogP contribution in [-0.2, 0) is 14.3 Å². The summed E-state index contributed by atoms with van der Waals surface area (Å²) in [6.07, 6.45) is 20.8. The molecule has 7 atom stereocenters. The monoisotopic (exact) mass is 644 g/mol. The van der Waals surface area contributed by atoms with Crippen molar-refractivity contribution in [3.63, 3.8) is 0 Å². The first-order valence-electron chi connectivity index (χ1n) is 18.4. The van der Waals surface area contributed by atoms with Crippen molar-refractivity contribution < 1.29 is 39.8 Å². The molecule has 1 aliphatic rings. The first-order valence-corrected chi connectivity index (χ1v) is 18.4. The van der Waals surface area contributed by atoms with Crippen molar-refractivity contribution in [2.24, 2.45) is 0 Å². The summed E-state index contributed by atoms with van der Waals surface area (Å²) >= 11 is 0. The summed E-state index contributed by atoms with van der Waals surface area (Å²) in [4.78, 5) is 12.8. The van der Waals surface area contributed by atoms with E-state index < -0.39 is 49.5 Å². The van der Waals surface area contributed by atoms with E-state index in [1.54, 1.807) is 0 Å². The van der Waals surface area contributed by atoms with E-state index in [9.17, 15) is 30.3 Å². The molecule has 9 heteroatoms. The molecular formula is C36H69NO8. The summed E-state index contributed by atoms with van der Waals surface area (Å²) in [6.45, 7) is 3.75. The van der Waals surface area contributed by atoms with Crippen LogP contribution in [0.1, 0.15) is 155 Å². The summed E-state index contributed by atoms with van der Waals surface area (Å²) in [5.41, 5.74) is 0. The molecule has 1 amide bonds. The summed E-state index contributed by atoms with van der Waals surface area (Å²) in [7, 11) is 0. The molecule has 0 aromatic rings. The van der Waals surface area contributed by atoms with Gasteiger partial charge in [-0.05, 0) is 38.5 Å². The summed E-state index contributed by atoms with van der Waals surface area (Å²) in [5.74, 6) is -0.158. The van der Waals surface area contributed by atoms with Crippen molar-refractivity contribution in [1.82, 2.24) is 5.32 Å². The maximum Gasteiger partial charge on any atom is 0.220 e. The molecule has 7 unspecified atom stereocenters. The van der Waals surface area contributed by atoms with Crippen molar-refractivity contribution in [2.75, 3.05) is 13.2 Å². The molecule has 1 fully saturated rings. The lowest BCUT2D eigenvalue weighted by molar-refractivity contribution is -0.302. The van der Waals surface area contributed by atoms with E-state index in [0.717, 1.165) is 51.4 Å². The van der Waals surface area contributed by atoms with Crippen LogP contribution in [0.15, 0.2) is 12.2 Å². The van der Waals surface area contributed by atoms with Crippen molar-refractivity contribution in [1.29, 1.82) is 0 Å². The number of hydrogen-bond acceptors (Lipinski definition) is 8. The lowest BCUT2D eigenvalue weighted by atomic mass is 9.99. The molecule has 0 spiro atoms. The highest BCUT2D eigenvalue weighted by molar-refractivity contribution is 5.76. The predicted octanol–water partition coefficient (Wildman–Crippen LogP) is 5.83. The number of carbonyl (C=O) groups excluding carboxylic acids is 1. The van der Waals surface area contributed by atoms with Gasteiger partial charge in [0.15, 0.2) is 6.29 Å². The summed E-state index contributed by atoms with van der Waals surface area (Å²) in [6, 6.07) is -0.715. The van der Waals surface area contributed by atoms with E-state index in [0.29, 0.717) is 12.8 Å². The number of ether oxygens (including phenoxy) is 2. The van der Waals surface area contributed by atoms with Crippen molar-refractivity contribution >= 4 is 5.91 Å². The fourth-order valence-corrected chi connectivity index (χ4v) is 5.80. The highest BCUT2D eigenvalue weighted by Crippen LogP contribution is 2.23. The highest BCUT2D eigenvalue weighted by atomic mass is 16.7. The Morgan fingerprint density at radius 3 is 1.82 bits per heavy atom. The molecule has 1 rings (SSSR count). The van der Waals surface area contributed by atoms with Gasteiger partial charge in [-0.2, -0.15) is 0 Å². The smallest absolute Gasteiger partial charge is 0.220 e. The van der Waals surface area contributed by atoms with E-state index in [-0.39, 0.29) is 12.5 Å². The maximum absolute atomic E-state index is 12.8. The molecule has 0 aromatic heterocycles. The fraction of sp³-hybridized carbons (Fsp3) is 0.917. The van der Waals surface area contributed by atoms with Gasteiger partial charge in [-0.3, -0.25) is 4.79 Å². The zero-order valence-electron chi connectivity index (χ0n) is 28.6. The average Bonchev–Trinajstić information content (AvgIpc) is 3.04. The van der Waals surface area contributed by atoms with Crippen molar-refractivity contribution in [3.05, 3.63) is 12.2 Å². The number of aliphatic hydroxyl groups is 5. The second-order valence-electron chi connectivity index (χ2n) is 13.0. The largest absolute Gasteiger partial charge is 0.394 e. The molecule has 0 saturated carbocycles. The molecule has 45 heavy (non-hydrogen) atoms. The van der Waals surface area contributed by atoms with Crippen LogP contribution in [0, 0.1) is 0 Å². The molecule has 266 valence electrons. The van der Waals surface area contributed by atoms with Gasteiger partial charge in [0.25, 0.3) is 0 Å². The van der Waals surface area contributed by atoms with Crippen LogP contribution in [0.3, 0.4) is 0 Å². The van der Waals surface area contributed by atoms with Gasteiger partial charge >= 0.3 is 0 Å². The summed E-state index contributed by atoms with van der Waals surface area (Å²) < 4.78 is 11.2. The third-order valence-corrected chi connectivity index (χ3v) is 8.87. The Balaban J connectivity index is 2.44. The molecule has 1 aliphatic heterocycles. The Morgan fingerprint density at radius 1 is 0.733 bits per heavy atom. The number of amides is 1. The lowest BCUT2D eigenvalue weighted by Gasteiger charge is -2.40. The van der Waals surface area contributed by atoms with Crippen molar-refractivity contribution in [2.45, 2.75) is 198 Å². The molecule has 0 aliphatic carbocycles. The number of aliphatic hydroxyl groups excluding tert-OH is 5. The SMILES string of the molecule is CCCCCC/C=C\CCCCCCCC(=O)NC(COC1OC(CO)C(O)C(O)C1O)C(O)CCCCCCCCCCC.